The molecule has 1 amide bonds. The number of nitrogens with one attached hydrogen (secondary N) is 1. The number of aromatic nitrogens is 1. The highest BCUT2D eigenvalue weighted by Gasteiger charge is 2.16. The highest BCUT2D eigenvalue weighted by Crippen LogP contribution is 2.27. The summed E-state index contributed by atoms with van der Waals surface area (Å²) in [5, 5.41) is 31.1. The molecule has 188 valence electrons. The fourth-order valence-corrected chi connectivity index (χ4v) is 4.04. The molecule has 0 unspecified atom stereocenters. The molecule has 1 aliphatic rings. The molecule has 1 heterocycles. The predicted octanol–water partition coefficient (Wildman–Crippen LogP) is 5.07. The number of hydrogen-bond donors (Lipinski definition) is 2. The van der Waals surface area contributed by atoms with Gasteiger partial charge in [-0.1, -0.05) is 36.4 Å². The van der Waals surface area contributed by atoms with Crippen molar-refractivity contribution in [2.45, 2.75) is 26.5 Å². The van der Waals surface area contributed by atoms with Crippen molar-refractivity contribution >= 4 is 5.91 Å². The fourth-order valence-electron chi connectivity index (χ4n) is 4.04. The summed E-state index contributed by atoms with van der Waals surface area (Å²) in [6.07, 6.45) is 9.61. The van der Waals surface area contributed by atoms with E-state index in [-0.39, 0.29) is 25.7 Å². The van der Waals surface area contributed by atoms with Crippen LogP contribution in [0.15, 0.2) is 90.2 Å². The molecule has 0 saturated heterocycles. The number of allylic oxidation sites excluding steroid dienone is 5. The first-order valence-electron chi connectivity index (χ1n) is 12.1. The molecule has 0 saturated carbocycles. The van der Waals surface area contributed by atoms with Gasteiger partial charge < -0.3 is 15.2 Å². The van der Waals surface area contributed by atoms with Crippen LogP contribution in [0.4, 0.5) is 0 Å². The number of hydrogen-bond acceptors (Lipinski definition) is 6. The summed E-state index contributed by atoms with van der Waals surface area (Å²) in [7, 11) is 0. The Morgan fingerprint density at radius 3 is 2.42 bits per heavy atom. The van der Waals surface area contributed by atoms with Gasteiger partial charge in [0.05, 0.1) is 35.6 Å². The number of carbonyl (C=O) groups is 1. The number of carbonyl (C=O) groups excluding carboxylic acids is 1. The van der Waals surface area contributed by atoms with Crippen LogP contribution in [0, 0.1) is 29.6 Å². The van der Waals surface area contributed by atoms with E-state index in [2.05, 4.69) is 22.4 Å². The zero-order chi connectivity index (χ0) is 26.9. The van der Waals surface area contributed by atoms with Crippen molar-refractivity contribution in [2.24, 2.45) is 0 Å². The lowest BCUT2D eigenvalue weighted by atomic mass is 10.0. The Hall–Kier alpha value is -4.98. The SMILES string of the molecule is Cc1ncc(CNC(=O)c2ccc(-c3ccc(C#N)cc3)cc2)c(CO)c1OCC1=CC=C(C#N)C=CC1. The summed E-state index contributed by atoms with van der Waals surface area (Å²) in [6, 6.07) is 18.7. The summed E-state index contributed by atoms with van der Waals surface area (Å²) >= 11 is 0. The minimum atomic E-state index is -0.263. The molecule has 7 nitrogen and oxygen atoms in total. The van der Waals surface area contributed by atoms with Crippen molar-refractivity contribution in [3.05, 3.63) is 118 Å². The van der Waals surface area contributed by atoms with Crippen LogP contribution in [0.3, 0.4) is 0 Å². The quantitative estimate of drug-likeness (QED) is 0.444. The Kier molecular flexibility index (Phi) is 8.46. The van der Waals surface area contributed by atoms with Gasteiger partial charge in [-0.3, -0.25) is 9.78 Å². The molecule has 0 spiro atoms. The predicted molar refractivity (Wildman–Crippen MR) is 144 cm³/mol. The standard InChI is InChI=1S/C31H26N4O3/c1-21-30(38-20-24-4-2-3-22(15-32)5-6-24)29(19-36)28(17-34-21)18-35-31(37)27-13-11-26(12-14-27)25-9-7-23(16-33)8-10-25/h2-3,5-14,17,36H,4,18-20H2,1H3,(H,35,37). The first-order valence-corrected chi connectivity index (χ1v) is 12.1. The van der Waals surface area contributed by atoms with Crippen molar-refractivity contribution in [1.82, 2.24) is 10.3 Å². The van der Waals surface area contributed by atoms with E-state index in [1.807, 2.05) is 36.4 Å². The molecule has 2 aromatic carbocycles. The van der Waals surface area contributed by atoms with Crippen LogP contribution in [-0.2, 0) is 13.2 Å². The molecule has 4 rings (SSSR count). The van der Waals surface area contributed by atoms with Gasteiger partial charge in [0, 0.05) is 23.9 Å². The molecule has 7 heteroatoms. The van der Waals surface area contributed by atoms with Crippen LogP contribution >= 0.6 is 0 Å². The average molecular weight is 503 g/mol. The van der Waals surface area contributed by atoms with Gasteiger partial charge in [-0.15, -0.1) is 0 Å². The van der Waals surface area contributed by atoms with Crippen molar-refractivity contribution in [3.8, 4) is 29.0 Å². The van der Waals surface area contributed by atoms with Crippen LogP contribution in [-0.4, -0.2) is 22.6 Å². The maximum Gasteiger partial charge on any atom is 0.251 e. The maximum absolute atomic E-state index is 12.8. The molecule has 0 radical (unpaired) electrons. The number of ether oxygens (including phenoxy) is 1. The maximum atomic E-state index is 12.8. The van der Waals surface area contributed by atoms with E-state index >= 15 is 0 Å². The summed E-state index contributed by atoms with van der Waals surface area (Å²) < 4.78 is 6.06. The topological polar surface area (TPSA) is 119 Å². The second kappa shape index (κ2) is 12.3. The van der Waals surface area contributed by atoms with Crippen LogP contribution < -0.4 is 10.1 Å². The van der Waals surface area contributed by atoms with E-state index in [1.165, 1.54) is 0 Å². The molecule has 0 bridgehead atoms. The minimum Gasteiger partial charge on any atom is -0.487 e. The average Bonchev–Trinajstić information content (AvgIpc) is 3.20. The van der Waals surface area contributed by atoms with Crippen molar-refractivity contribution in [3.63, 3.8) is 0 Å². The molecule has 38 heavy (non-hydrogen) atoms. The Morgan fingerprint density at radius 2 is 1.76 bits per heavy atom. The molecular weight excluding hydrogens is 476 g/mol. The van der Waals surface area contributed by atoms with Crippen LogP contribution in [0.5, 0.6) is 5.75 Å². The normalized spacial score (nSPS) is 12.4. The highest BCUT2D eigenvalue weighted by molar-refractivity contribution is 5.94. The van der Waals surface area contributed by atoms with E-state index in [0.717, 1.165) is 16.7 Å². The van der Waals surface area contributed by atoms with Crippen molar-refractivity contribution in [1.29, 1.82) is 10.5 Å². The van der Waals surface area contributed by atoms with Gasteiger partial charge in [0.25, 0.3) is 5.91 Å². The summed E-state index contributed by atoms with van der Waals surface area (Å²) in [4.78, 5) is 17.2. The summed E-state index contributed by atoms with van der Waals surface area (Å²) in [6.45, 7) is 2.01. The van der Waals surface area contributed by atoms with E-state index in [1.54, 1.807) is 49.5 Å². The molecule has 0 fully saturated rings. The monoisotopic (exact) mass is 502 g/mol. The summed E-state index contributed by atoms with van der Waals surface area (Å²) in [5.41, 5.74) is 6.44. The van der Waals surface area contributed by atoms with Crippen molar-refractivity contribution < 1.29 is 14.6 Å². The molecule has 1 aromatic heterocycles. The van der Waals surface area contributed by atoms with Gasteiger partial charge in [0.1, 0.15) is 12.4 Å². The molecule has 0 aliphatic heterocycles. The van der Waals surface area contributed by atoms with Gasteiger partial charge in [0.2, 0.25) is 0 Å². The Labute approximate surface area is 221 Å². The molecular formula is C31H26N4O3. The number of benzene rings is 2. The minimum absolute atomic E-state index is 0.176. The first-order chi connectivity index (χ1) is 18.5. The Balaban J connectivity index is 1.43. The van der Waals surface area contributed by atoms with E-state index in [0.29, 0.717) is 45.7 Å². The smallest absolute Gasteiger partial charge is 0.251 e. The second-order valence-electron chi connectivity index (χ2n) is 8.74. The number of nitrogens with zero attached hydrogens (tertiary/aromatic N) is 3. The number of amides is 1. The largest absolute Gasteiger partial charge is 0.487 e. The molecule has 0 atom stereocenters. The lowest BCUT2D eigenvalue weighted by Crippen LogP contribution is -2.24. The number of nitriles is 2. The van der Waals surface area contributed by atoms with Gasteiger partial charge in [-0.05, 0) is 72.0 Å². The van der Waals surface area contributed by atoms with Gasteiger partial charge in [-0.25, -0.2) is 0 Å². The zero-order valence-electron chi connectivity index (χ0n) is 20.9. The third-order valence-electron chi connectivity index (χ3n) is 6.20. The van der Waals surface area contributed by atoms with Crippen molar-refractivity contribution in [2.75, 3.05) is 6.61 Å². The number of rotatable bonds is 8. The van der Waals surface area contributed by atoms with Crippen LogP contribution in [0.1, 0.15) is 39.2 Å². The number of aliphatic hydroxyl groups excluding tert-OH is 1. The van der Waals surface area contributed by atoms with E-state index in [4.69, 9.17) is 15.3 Å². The second-order valence-corrected chi connectivity index (χ2v) is 8.74. The van der Waals surface area contributed by atoms with Gasteiger partial charge >= 0.3 is 0 Å². The van der Waals surface area contributed by atoms with Crippen LogP contribution in [0.2, 0.25) is 0 Å². The third-order valence-corrected chi connectivity index (χ3v) is 6.20. The number of aryl methyl sites for hydroxylation is 1. The summed E-state index contributed by atoms with van der Waals surface area (Å²) in [5.74, 6) is 0.239. The fraction of sp³-hybridized carbons (Fsp3) is 0.161. The highest BCUT2D eigenvalue weighted by atomic mass is 16.5. The Bertz CT molecular complexity index is 1500. The van der Waals surface area contributed by atoms with Gasteiger partial charge in [0.15, 0.2) is 0 Å². The Morgan fingerprint density at radius 1 is 1.05 bits per heavy atom. The van der Waals surface area contributed by atoms with E-state index in [9.17, 15) is 9.90 Å². The van der Waals surface area contributed by atoms with E-state index < -0.39 is 0 Å². The molecule has 2 N–H and O–H groups in total. The van der Waals surface area contributed by atoms with Gasteiger partial charge in [-0.2, -0.15) is 10.5 Å². The van der Waals surface area contributed by atoms with Crippen LogP contribution in [0.25, 0.3) is 11.1 Å². The molecule has 3 aromatic rings. The number of aliphatic hydroxyl groups is 1. The first kappa shape index (κ1) is 26.1. The number of pyridine rings is 1. The third kappa shape index (κ3) is 6.22. The molecule has 1 aliphatic carbocycles. The lowest BCUT2D eigenvalue weighted by molar-refractivity contribution is 0.0950. The zero-order valence-corrected chi connectivity index (χ0v) is 20.9. The lowest BCUT2D eigenvalue weighted by Gasteiger charge is -2.17.